The van der Waals surface area contributed by atoms with Crippen molar-refractivity contribution >= 4 is 34.9 Å². The molecule has 0 aliphatic rings. The van der Waals surface area contributed by atoms with Crippen molar-refractivity contribution in [1.82, 2.24) is 19.7 Å². The average Bonchev–Trinajstić information content (AvgIpc) is 3.22. The molecule has 0 radical (unpaired) electrons. The summed E-state index contributed by atoms with van der Waals surface area (Å²) < 4.78 is 6.99. The molecule has 0 saturated heterocycles. The summed E-state index contributed by atoms with van der Waals surface area (Å²) in [6.45, 7) is 2.57. The lowest BCUT2D eigenvalue weighted by Gasteiger charge is -2.14. The van der Waals surface area contributed by atoms with Crippen LogP contribution >= 0.6 is 23.2 Å². The highest BCUT2D eigenvalue weighted by Gasteiger charge is 2.20. The number of carbonyl (C=O) groups is 1. The van der Waals surface area contributed by atoms with E-state index >= 15 is 0 Å². The van der Waals surface area contributed by atoms with Gasteiger partial charge >= 0.3 is 0 Å². The molecule has 33 heavy (non-hydrogen) atoms. The van der Waals surface area contributed by atoms with Crippen LogP contribution in [0.15, 0.2) is 48.7 Å². The van der Waals surface area contributed by atoms with Gasteiger partial charge in [0, 0.05) is 41.1 Å². The molecule has 0 unspecified atom stereocenters. The Hall–Kier alpha value is -3.13. The second-order valence-electron chi connectivity index (χ2n) is 7.51. The maximum absolute atomic E-state index is 12.8. The van der Waals surface area contributed by atoms with Crippen LogP contribution in [0.2, 0.25) is 10.0 Å². The smallest absolute Gasteiger partial charge is 0.271 e. The fraction of sp³-hybridized carbons (Fsp3) is 0.208. The van der Waals surface area contributed by atoms with E-state index in [4.69, 9.17) is 33.7 Å². The Morgan fingerprint density at radius 2 is 2.00 bits per heavy atom. The number of fused-ring (bicyclic) bond motifs is 1. The Bertz CT molecular complexity index is 1340. The fourth-order valence-electron chi connectivity index (χ4n) is 3.71. The Labute approximate surface area is 201 Å². The van der Waals surface area contributed by atoms with Gasteiger partial charge in [0.05, 0.1) is 17.8 Å². The van der Waals surface area contributed by atoms with Crippen LogP contribution in [-0.4, -0.2) is 33.9 Å². The molecule has 3 N–H and O–H groups in total. The SMILES string of the molecule is COc1cccc(CCNC(=O)c2cn3c(-c4ccc(Cl)cc4Cl)c(CN)c(C)nc3n2)c1. The largest absolute Gasteiger partial charge is 0.497 e. The number of halogens is 2. The Morgan fingerprint density at radius 3 is 2.73 bits per heavy atom. The zero-order valence-electron chi connectivity index (χ0n) is 18.2. The number of aryl methyl sites for hydroxylation is 1. The standard InChI is InChI=1S/C24H23Cl2N5O2/c1-14-19(12-27)22(18-7-6-16(25)11-20(18)26)31-13-21(30-24(31)29-14)23(32)28-9-8-15-4-3-5-17(10-15)33-2/h3-7,10-11,13H,8-9,12,27H2,1-2H3,(H,28,32). The lowest BCUT2D eigenvalue weighted by molar-refractivity contribution is 0.0949. The maximum Gasteiger partial charge on any atom is 0.271 e. The van der Waals surface area contributed by atoms with Crippen molar-refractivity contribution in [3.05, 3.63) is 81.2 Å². The number of rotatable bonds is 7. The van der Waals surface area contributed by atoms with Gasteiger partial charge in [0.25, 0.3) is 5.91 Å². The van der Waals surface area contributed by atoms with Crippen molar-refractivity contribution in [1.29, 1.82) is 0 Å². The molecular formula is C24H23Cl2N5O2. The van der Waals surface area contributed by atoms with E-state index < -0.39 is 0 Å². The summed E-state index contributed by atoms with van der Waals surface area (Å²) in [6.07, 6.45) is 2.32. The van der Waals surface area contributed by atoms with E-state index in [2.05, 4.69) is 15.3 Å². The maximum atomic E-state index is 12.8. The monoisotopic (exact) mass is 483 g/mol. The molecule has 0 spiro atoms. The molecule has 0 fully saturated rings. The highest BCUT2D eigenvalue weighted by Crippen LogP contribution is 2.34. The van der Waals surface area contributed by atoms with Crippen LogP contribution in [0.1, 0.15) is 27.3 Å². The molecule has 0 aliphatic heterocycles. The van der Waals surface area contributed by atoms with E-state index in [9.17, 15) is 4.79 Å². The van der Waals surface area contributed by atoms with Gasteiger partial charge < -0.3 is 15.8 Å². The van der Waals surface area contributed by atoms with Crippen LogP contribution in [0, 0.1) is 6.92 Å². The third kappa shape index (κ3) is 4.80. The number of ether oxygens (including phenoxy) is 1. The van der Waals surface area contributed by atoms with E-state index in [-0.39, 0.29) is 18.1 Å². The first-order valence-corrected chi connectivity index (χ1v) is 11.1. The van der Waals surface area contributed by atoms with Crippen LogP contribution in [-0.2, 0) is 13.0 Å². The summed E-state index contributed by atoms with van der Waals surface area (Å²) in [7, 11) is 1.63. The number of nitrogens with zero attached hydrogens (tertiary/aromatic N) is 3. The van der Waals surface area contributed by atoms with E-state index in [1.807, 2.05) is 37.3 Å². The number of hydrogen-bond acceptors (Lipinski definition) is 5. The highest BCUT2D eigenvalue weighted by atomic mass is 35.5. The van der Waals surface area contributed by atoms with Gasteiger partial charge in [0.2, 0.25) is 5.78 Å². The minimum Gasteiger partial charge on any atom is -0.497 e. The molecule has 9 heteroatoms. The van der Waals surface area contributed by atoms with Crippen LogP contribution < -0.4 is 15.8 Å². The number of carbonyl (C=O) groups excluding carboxylic acids is 1. The normalized spacial score (nSPS) is 11.1. The molecule has 0 atom stereocenters. The van der Waals surface area contributed by atoms with E-state index in [1.165, 1.54) is 0 Å². The number of hydrogen-bond donors (Lipinski definition) is 2. The van der Waals surface area contributed by atoms with Crippen LogP contribution in [0.5, 0.6) is 5.75 Å². The predicted molar refractivity (Wildman–Crippen MR) is 130 cm³/mol. The molecule has 170 valence electrons. The van der Waals surface area contributed by atoms with Crippen molar-refractivity contribution in [3.8, 4) is 17.0 Å². The summed E-state index contributed by atoms with van der Waals surface area (Å²) in [4.78, 5) is 21.8. The molecule has 4 rings (SSSR count). The van der Waals surface area contributed by atoms with E-state index in [0.717, 1.165) is 33.8 Å². The minimum absolute atomic E-state index is 0.253. The number of aromatic nitrogens is 3. The number of nitrogens with two attached hydrogens (primary N) is 1. The molecule has 0 aliphatic carbocycles. The number of imidazole rings is 1. The second-order valence-corrected chi connectivity index (χ2v) is 8.35. The number of benzene rings is 2. The summed E-state index contributed by atoms with van der Waals surface area (Å²) in [6, 6.07) is 13.0. The van der Waals surface area contributed by atoms with Crippen LogP contribution in [0.25, 0.3) is 17.0 Å². The topological polar surface area (TPSA) is 94.5 Å². The lowest BCUT2D eigenvalue weighted by atomic mass is 10.0. The Morgan fingerprint density at radius 1 is 1.18 bits per heavy atom. The zero-order valence-corrected chi connectivity index (χ0v) is 19.7. The van der Waals surface area contributed by atoms with Gasteiger partial charge in [-0.15, -0.1) is 0 Å². The van der Waals surface area contributed by atoms with Crippen molar-refractivity contribution < 1.29 is 9.53 Å². The van der Waals surface area contributed by atoms with Crippen molar-refractivity contribution in [3.63, 3.8) is 0 Å². The third-order valence-electron chi connectivity index (χ3n) is 5.37. The number of methoxy groups -OCH3 is 1. The summed E-state index contributed by atoms with van der Waals surface area (Å²) >= 11 is 12.6. The van der Waals surface area contributed by atoms with Crippen molar-refractivity contribution in [2.75, 3.05) is 13.7 Å². The first-order chi connectivity index (χ1) is 15.9. The molecule has 2 aromatic heterocycles. The lowest BCUT2D eigenvalue weighted by Crippen LogP contribution is -2.26. The summed E-state index contributed by atoms with van der Waals surface area (Å²) in [5.41, 5.74) is 10.4. The molecule has 1 amide bonds. The fourth-order valence-corrected chi connectivity index (χ4v) is 4.21. The summed E-state index contributed by atoms with van der Waals surface area (Å²) in [5.74, 6) is 0.886. The van der Waals surface area contributed by atoms with Gasteiger partial charge in [-0.2, -0.15) is 0 Å². The first-order valence-electron chi connectivity index (χ1n) is 10.4. The van der Waals surface area contributed by atoms with Gasteiger partial charge in [-0.1, -0.05) is 35.3 Å². The van der Waals surface area contributed by atoms with Crippen molar-refractivity contribution in [2.24, 2.45) is 5.73 Å². The number of amides is 1. The van der Waals surface area contributed by atoms with Gasteiger partial charge in [-0.25, -0.2) is 9.97 Å². The van der Waals surface area contributed by atoms with Gasteiger partial charge in [0.15, 0.2) is 0 Å². The van der Waals surface area contributed by atoms with Crippen molar-refractivity contribution in [2.45, 2.75) is 19.9 Å². The van der Waals surface area contributed by atoms with Gasteiger partial charge in [0.1, 0.15) is 11.4 Å². The highest BCUT2D eigenvalue weighted by molar-refractivity contribution is 6.36. The predicted octanol–water partition coefficient (Wildman–Crippen LogP) is 4.45. The zero-order chi connectivity index (χ0) is 23.5. The molecule has 2 aromatic carbocycles. The number of nitrogens with one attached hydrogen (secondary N) is 1. The van der Waals surface area contributed by atoms with E-state index in [1.54, 1.807) is 29.8 Å². The third-order valence-corrected chi connectivity index (χ3v) is 5.92. The quantitative estimate of drug-likeness (QED) is 0.404. The van der Waals surface area contributed by atoms with Gasteiger partial charge in [-0.05, 0) is 49.2 Å². The molecule has 4 aromatic rings. The molecule has 0 saturated carbocycles. The van der Waals surface area contributed by atoms with Crippen LogP contribution in [0.4, 0.5) is 0 Å². The summed E-state index contributed by atoms with van der Waals surface area (Å²) in [5, 5.41) is 3.92. The average molecular weight is 484 g/mol. The minimum atomic E-state index is -0.288. The Balaban J connectivity index is 1.64. The molecule has 2 heterocycles. The molecule has 7 nitrogen and oxygen atoms in total. The second kappa shape index (κ2) is 9.79. The van der Waals surface area contributed by atoms with Crippen LogP contribution in [0.3, 0.4) is 0 Å². The molecule has 0 bridgehead atoms. The van der Waals surface area contributed by atoms with E-state index in [0.29, 0.717) is 28.8 Å². The molecular weight excluding hydrogens is 461 g/mol. The Kier molecular flexibility index (Phi) is 6.83. The van der Waals surface area contributed by atoms with Gasteiger partial charge in [-0.3, -0.25) is 9.20 Å². The first kappa shape index (κ1) is 23.0.